The monoisotopic (exact) mass is 234 g/mol. The zero-order valence-electron chi connectivity index (χ0n) is 10.1. The quantitative estimate of drug-likeness (QED) is 0.682. The maximum atomic E-state index is 8.96. The Hall–Kier alpha value is -1.71. The van der Waals surface area contributed by atoms with E-state index >= 15 is 0 Å². The Balaban J connectivity index is 3.03. The second kappa shape index (κ2) is 5.08. The topological polar surface area (TPSA) is 85.5 Å². The van der Waals surface area contributed by atoms with E-state index in [1.54, 1.807) is 12.1 Å². The highest BCUT2D eigenvalue weighted by Crippen LogP contribution is 2.25. The van der Waals surface area contributed by atoms with Gasteiger partial charge in [-0.05, 0) is 32.9 Å². The van der Waals surface area contributed by atoms with Crippen molar-refractivity contribution < 1.29 is 14.7 Å². The van der Waals surface area contributed by atoms with E-state index in [0.29, 0.717) is 11.3 Å². The maximum absolute atomic E-state index is 8.96. The molecule has 1 aromatic carbocycles. The molecule has 0 atom stereocenters. The third kappa shape index (κ3) is 4.35. The largest absolute Gasteiger partial charge is 0.707 e. The van der Waals surface area contributed by atoms with Crippen LogP contribution in [0.2, 0.25) is 0 Å². The van der Waals surface area contributed by atoms with Crippen molar-refractivity contribution in [3.63, 3.8) is 0 Å². The molecular formula is C11H15BN2O3. The lowest BCUT2D eigenvalue weighted by molar-refractivity contribution is 0.288. The van der Waals surface area contributed by atoms with E-state index in [1.165, 1.54) is 6.07 Å². The summed E-state index contributed by atoms with van der Waals surface area (Å²) in [6.45, 7) is 5.88. The van der Waals surface area contributed by atoms with Crippen molar-refractivity contribution in [2.24, 2.45) is 0 Å². The molecule has 90 valence electrons. The number of benzene rings is 1. The minimum atomic E-state index is -1.87. The molecule has 0 aliphatic carbocycles. The Bertz CT molecular complexity index is 435. The van der Waals surface area contributed by atoms with Crippen molar-refractivity contribution in [1.82, 2.24) is 0 Å². The van der Waals surface area contributed by atoms with Crippen LogP contribution >= 0.6 is 0 Å². The van der Waals surface area contributed by atoms with E-state index in [1.807, 2.05) is 20.8 Å². The fraction of sp³-hybridized carbons (Fsp3) is 0.364. The summed E-state index contributed by atoms with van der Waals surface area (Å²) in [5, 5.41) is 29.5. The normalized spacial score (nSPS) is 10.6. The first kappa shape index (κ1) is 13.4. The zero-order chi connectivity index (χ0) is 13.1. The molecule has 1 rings (SSSR count). The predicted octanol–water partition coefficient (Wildman–Crippen LogP) is 1.12. The van der Waals surface area contributed by atoms with Gasteiger partial charge in [-0.15, -0.1) is 0 Å². The Kier molecular flexibility index (Phi) is 3.99. The molecule has 0 spiro atoms. The van der Waals surface area contributed by atoms with Crippen molar-refractivity contribution in [2.45, 2.75) is 26.3 Å². The molecule has 0 aliphatic heterocycles. The summed E-state index contributed by atoms with van der Waals surface area (Å²) in [6, 6.07) is 6.68. The molecule has 0 aromatic heterocycles. The molecule has 6 heteroatoms. The minimum Gasteiger partial charge on any atom is -0.512 e. The molecule has 1 aromatic rings. The Morgan fingerprint density at radius 2 is 2.00 bits per heavy atom. The van der Waals surface area contributed by atoms with Gasteiger partial charge in [0.2, 0.25) is 0 Å². The van der Waals surface area contributed by atoms with E-state index in [-0.39, 0.29) is 11.3 Å². The Morgan fingerprint density at radius 1 is 1.35 bits per heavy atom. The summed E-state index contributed by atoms with van der Waals surface area (Å²) < 4.78 is 4.73. The van der Waals surface area contributed by atoms with Crippen LogP contribution in [0.5, 0.6) is 5.75 Å². The second-order valence-corrected chi connectivity index (χ2v) is 4.64. The maximum Gasteiger partial charge on any atom is 0.707 e. The summed E-state index contributed by atoms with van der Waals surface area (Å²) in [7, 11) is -1.87. The smallest absolute Gasteiger partial charge is 0.512 e. The van der Waals surface area contributed by atoms with Gasteiger partial charge in [-0.1, -0.05) is 0 Å². The number of hydrogen-bond acceptors (Lipinski definition) is 5. The summed E-state index contributed by atoms with van der Waals surface area (Å²) >= 11 is 0. The fourth-order valence-corrected chi connectivity index (χ4v) is 1.32. The lowest BCUT2D eigenvalue weighted by atomic mass is 10.1. The minimum absolute atomic E-state index is 0.206. The number of nitriles is 1. The molecule has 0 amide bonds. The summed E-state index contributed by atoms with van der Waals surface area (Å²) in [6.07, 6.45) is 0. The summed E-state index contributed by atoms with van der Waals surface area (Å²) in [5.41, 5.74) is 0.861. The van der Waals surface area contributed by atoms with Gasteiger partial charge >= 0.3 is 7.32 Å². The van der Waals surface area contributed by atoms with Gasteiger partial charge in [-0.2, -0.15) is 5.26 Å². The van der Waals surface area contributed by atoms with Gasteiger partial charge in [0.1, 0.15) is 11.8 Å². The van der Waals surface area contributed by atoms with Crippen molar-refractivity contribution in [1.29, 1.82) is 5.26 Å². The Labute approximate surface area is 101 Å². The Morgan fingerprint density at radius 3 is 2.47 bits per heavy atom. The van der Waals surface area contributed by atoms with Crippen LogP contribution in [0, 0.1) is 11.3 Å². The van der Waals surface area contributed by atoms with Crippen molar-refractivity contribution in [3.05, 3.63) is 23.8 Å². The van der Waals surface area contributed by atoms with E-state index in [2.05, 4.69) is 11.4 Å². The van der Waals surface area contributed by atoms with Gasteiger partial charge in [0.05, 0.1) is 11.3 Å². The van der Waals surface area contributed by atoms with E-state index in [0.717, 1.165) is 0 Å². The van der Waals surface area contributed by atoms with Gasteiger partial charge in [0.15, 0.2) is 0 Å². The molecule has 0 aliphatic rings. The summed E-state index contributed by atoms with van der Waals surface area (Å²) in [4.78, 5) is 0. The van der Waals surface area contributed by atoms with Gasteiger partial charge in [-0.25, -0.2) is 0 Å². The first-order valence-electron chi connectivity index (χ1n) is 5.17. The second-order valence-electron chi connectivity index (χ2n) is 4.64. The number of anilines is 1. The lowest BCUT2D eigenvalue weighted by Gasteiger charge is -2.23. The highest BCUT2D eigenvalue weighted by atomic mass is 16.6. The number of nitrogens with one attached hydrogen (secondary N) is 1. The van der Waals surface area contributed by atoms with Crippen molar-refractivity contribution in [2.75, 3.05) is 5.32 Å². The standard InChI is InChI=1S/C11H15BN2O3/c1-11(2,3)14-10-6-9(17-12(15)16)5-4-8(10)7-13/h4-6,14-16H,1-3H3. The molecule has 0 heterocycles. The van der Waals surface area contributed by atoms with Crippen LogP contribution in [0.3, 0.4) is 0 Å². The summed E-state index contributed by atoms with van der Waals surface area (Å²) in [5.74, 6) is 0.283. The van der Waals surface area contributed by atoms with Crippen LogP contribution in [-0.4, -0.2) is 22.9 Å². The van der Waals surface area contributed by atoms with Crippen molar-refractivity contribution >= 4 is 13.0 Å². The van der Waals surface area contributed by atoms with E-state index < -0.39 is 7.32 Å². The van der Waals surface area contributed by atoms with Crippen LogP contribution in [0.1, 0.15) is 26.3 Å². The first-order valence-corrected chi connectivity index (χ1v) is 5.17. The first-order chi connectivity index (χ1) is 7.81. The van der Waals surface area contributed by atoms with Crippen LogP contribution in [0.4, 0.5) is 5.69 Å². The number of hydrogen-bond donors (Lipinski definition) is 3. The highest BCUT2D eigenvalue weighted by Gasteiger charge is 2.15. The van der Waals surface area contributed by atoms with Gasteiger partial charge in [0, 0.05) is 11.6 Å². The zero-order valence-corrected chi connectivity index (χ0v) is 10.1. The van der Waals surface area contributed by atoms with Crippen molar-refractivity contribution in [3.8, 4) is 11.8 Å². The molecule has 0 bridgehead atoms. The third-order valence-corrected chi connectivity index (χ3v) is 1.86. The van der Waals surface area contributed by atoms with Crippen LogP contribution in [0.15, 0.2) is 18.2 Å². The molecular weight excluding hydrogens is 219 g/mol. The number of nitrogens with zero attached hydrogens (tertiary/aromatic N) is 1. The molecule has 0 radical (unpaired) electrons. The predicted molar refractivity (Wildman–Crippen MR) is 65.4 cm³/mol. The lowest BCUT2D eigenvalue weighted by Crippen LogP contribution is -2.27. The van der Waals surface area contributed by atoms with Gasteiger partial charge < -0.3 is 20.0 Å². The average molecular weight is 234 g/mol. The van der Waals surface area contributed by atoms with Crippen LogP contribution in [0.25, 0.3) is 0 Å². The van der Waals surface area contributed by atoms with Crippen LogP contribution in [-0.2, 0) is 0 Å². The number of rotatable bonds is 3. The molecule has 0 saturated heterocycles. The van der Waals surface area contributed by atoms with E-state index in [4.69, 9.17) is 20.0 Å². The van der Waals surface area contributed by atoms with Gasteiger partial charge in [-0.3, -0.25) is 0 Å². The van der Waals surface area contributed by atoms with Crippen LogP contribution < -0.4 is 9.97 Å². The van der Waals surface area contributed by atoms with Gasteiger partial charge in [0.25, 0.3) is 0 Å². The fourth-order valence-electron chi connectivity index (χ4n) is 1.32. The molecule has 0 fully saturated rings. The molecule has 0 saturated carbocycles. The highest BCUT2D eigenvalue weighted by molar-refractivity contribution is 6.33. The molecule has 5 nitrogen and oxygen atoms in total. The molecule has 17 heavy (non-hydrogen) atoms. The average Bonchev–Trinajstić information content (AvgIpc) is 2.14. The molecule has 0 unspecified atom stereocenters. The van der Waals surface area contributed by atoms with E-state index in [9.17, 15) is 0 Å². The molecule has 3 N–H and O–H groups in total. The third-order valence-electron chi connectivity index (χ3n) is 1.86. The SMILES string of the molecule is CC(C)(C)Nc1cc(OB(O)O)ccc1C#N.